The standard InChI is InChI=1S/C52H32N8O6S2.In/c1-23-33-9-5-7-11-35(33)25(3)43-41(23)50-56-46-38-20-28-14-16-32(68(62,63)64)18-30(28)22-40(38)48(54-46)58-52-44-26(4)36-12-8-6-10-34(36)24(2)42(44)49(60-52)55-45-37-19-27-13-15-31(67-66-65-61)17-29(27)21-39(37)47(53-45)57-51(43)59-50;/h5-22H,1-4H3,(H2-2,53,54,55,56,57,58,59,60,61,62,63,64);/q-2;+2. The topological polar surface area (TPSA) is 177 Å². The fourth-order valence-electron chi connectivity index (χ4n) is 10.9. The summed E-state index contributed by atoms with van der Waals surface area (Å²) in [7, 11) is -4.48. The molecule has 4 aliphatic rings. The van der Waals surface area contributed by atoms with Crippen LogP contribution in [0.2, 0.25) is 0 Å². The zero-order valence-corrected chi connectivity index (χ0v) is 41.8. The van der Waals surface area contributed by atoms with Crippen LogP contribution in [0.4, 0.5) is 11.6 Å². The molecule has 0 saturated carbocycles. The van der Waals surface area contributed by atoms with Crippen molar-refractivity contribution in [3.05, 3.63) is 165 Å². The molecule has 2 N–H and O–H groups in total. The Labute approximate surface area is 407 Å². The summed E-state index contributed by atoms with van der Waals surface area (Å²) in [5.41, 5.74) is 8.80. The number of fused-ring (bicyclic) bond motifs is 18. The summed E-state index contributed by atoms with van der Waals surface area (Å²) in [5, 5.41) is 24.3. The van der Waals surface area contributed by atoms with E-state index >= 15 is 0 Å². The molecule has 0 unspecified atom stereocenters. The Kier molecular flexibility index (Phi) is 8.71. The van der Waals surface area contributed by atoms with Crippen LogP contribution in [0, 0.1) is 27.7 Å². The van der Waals surface area contributed by atoms with Crippen LogP contribution in [-0.2, 0) is 19.5 Å². The van der Waals surface area contributed by atoms with Gasteiger partial charge >= 0.3 is 405 Å². The minimum absolute atomic E-state index is 0.201. The Balaban J connectivity index is 1.20. The number of rotatable bonds is 4. The molecule has 0 saturated heterocycles. The molecule has 14 rings (SSSR count). The summed E-state index contributed by atoms with van der Waals surface area (Å²) in [6, 6.07) is 35.4. The third-order valence-electron chi connectivity index (χ3n) is 14.1. The van der Waals surface area contributed by atoms with Gasteiger partial charge in [0.1, 0.15) is 0 Å². The second-order valence-corrected chi connectivity index (χ2v) is 23.5. The number of benzene rings is 8. The molecule has 331 valence electrons. The summed E-state index contributed by atoms with van der Waals surface area (Å²) in [6.07, 6.45) is 0. The van der Waals surface area contributed by atoms with Gasteiger partial charge in [-0.3, -0.25) is 0 Å². The predicted molar refractivity (Wildman–Crippen MR) is 271 cm³/mol. The van der Waals surface area contributed by atoms with Gasteiger partial charge in [0, 0.05) is 0 Å². The number of aromatic nitrogens is 2. The van der Waals surface area contributed by atoms with Crippen LogP contribution < -0.4 is 11.0 Å². The average molecular weight is 1040 g/mol. The molecule has 0 fully saturated rings. The molecule has 0 aliphatic carbocycles. The zero-order valence-electron chi connectivity index (χ0n) is 36.9. The van der Waals surface area contributed by atoms with Gasteiger partial charge < -0.3 is 0 Å². The SMILES string of the molecule is Cc1c2ccccc2c(C)c2c3[n]4c(c12)N=C1N=C(N=c2c5c(C)c6ccccc6c(C)c5c([n]2[In]4)=NC2=NC(=N3)c3cc4cc(S(=O)(=O)O)ccc4cc32)c2cc3cc(SOOO)ccc3cc21. The predicted octanol–water partition coefficient (Wildman–Crippen LogP) is 9.99. The molecular formula is C52H32InN8O6S2. The van der Waals surface area contributed by atoms with Gasteiger partial charge in [-0.05, 0) is 0 Å². The first-order valence-corrected chi connectivity index (χ1v) is 27.1. The van der Waals surface area contributed by atoms with E-state index in [0.29, 0.717) is 40.1 Å². The van der Waals surface area contributed by atoms with Crippen LogP contribution in [0.25, 0.3) is 64.6 Å². The van der Waals surface area contributed by atoms with Gasteiger partial charge in [0.2, 0.25) is 0 Å². The van der Waals surface area contributed by atoms with Crippen molar-refractivity contribution in [3.8, 4) is 0 Å². The second kappa shape index (κ2) is 14.6. The first kappa shape index (κ1) is 41.2. The molecule has 10 aromatic rings. The molecule has 17 heteroatoms. The maximum absolute atomic E-state index is 12.4. The van der Waals surface area contributed by atoms with Crippen molar-refractivity contribution in [3.63, 3.8) is 0 Å². The summed E-state index contributed by atoms with van der Waals surface area (Å²) in [4.78, 5) is 33.7. The molecule has 8 aromatic carbocycles. The molecule has 6 bridgehead atoms. The van der Waals surface area contributed by atoms with E-state index in [2.05, 4.69) is 98.5 Å². The van der Waals surface area contributed by atoms with Gasteiger partial charge in [0.15, 0.2) is 0 Å². The van der Waals surface area contributed by atoms with E-state index in [1.54, 1.807) is 6.07 Å². The van der Waals surface area contributed by atoms with Crippen molar-refractivity contribution in [2.75, 3.05) is 0 Å². The third-order valence-corrected chi connectivity index (χ3v) is 19.6. The van der Waals surface area contributed by atoms with Gasteiger partial charge in [-0.15, -0.1) is 0 Å². The van der Waals surface area contributed by atoms with Crippen LogP contribution >= 0.6 is 12.0 Å². The number of amidine groups is 4. The molecule has 0 amide bonds. The summed E-state index contributed by atoms with van der Waals surface area (Å²) in [6.45, 7) is 8.62. The fraction of sp³-hybridized carbons (Fsp3) is 0.0769. The molecule has 6 heterocycles. The monoisotopic (exact) mass is 1040 g/mol. The van der Waals surface area contributed by atoms with Crippen molar-refractivity contribution in [2.45, 2.75) is 37.5 Å². The quantitative estimate of drug-likeness (QED) is 0.0763. The number of hydrogen-bond acceptors (Lipinski definition) is 12. The molecule has 1 radical (unpaired) electrons. The third kappa shape index (κ3) is 5.86. The van der Waals surface area contributed by atoms with Gasteiger partial charge in [0.25, 0.3) is 0 Å². The Hall–Kier alpha value is -6.83. The summed E-state index contributed by atoms with van der Waals surface area (Å²) in [5.74, 6) is 3.41. The first-order valence-electron chi connectivity index (χ1n) is 22.0. The normalized spacial score (nSPS) is 14.6. The fourth-order valence-corrected chi connectivity index (χ4v) is 15.8. The Morgan fingerprint density at radius 2 is 0.942 bits per heavy atom. The van der Waals surface area contributed by atoms with E-state index in [9.17, 15) is 13.0 Å². The summed E-state index contributed by atoms with van der Waals surface area (Å²) >= 11 is -1.61. The molecule has 0 spiro atoms. The van der Waals surface area contributed by atoms with Crippen molar-refractivity contribution in [1.82, 2.24) is 5.11 Å². The van der Waals surface area contributed by atoms with Gasteiger partial charge in [-0.1, -0.05) is 0 Å². The van der Waals surface area contributed by atoms with E-state index in [4.69, 9.17) is 39.5 Å². The van der Waals surface area contributed by atoms with Crippen molar-refractivity contribution in [2.24, 2.45) is 30.0 Å². The number of aliphatic imine (C=N–C) groups is 4. The number of hydrogen-bond donors (Lipinski definition) is 2. The Bertz CT molecular complexity index is 4540. The van der Waals surface area contributed by atoms with Crippen molar-refractivity contribution in [1.29, 1.82) is 0 Å². The van der Waals surface area contributed by atoms with Crippen LogP contribution in [0.1, 0.15) is 44.5 Å². The van der Waals surface area contributed by atoms with E-state index in [1.807, 2.05) is 30.3 Å². The average Bonchev–Trinajstić information content (AvgIpc) is 4.05. The van der Waals surface area contributed by atoms with Gasteiger partial charge in [-0.2, -0.15) is 0 Å². The maximum atomic E-state index is 12.4. The first-order chi connectivity index (χ1) is 33.4. The van der Waals surface area contributed by atoms with Crippen LogP contribution in [0.15, 0.2) is 149 Å². The molecule has 4 aliphatic heterocycles. The van der Waals surface area contributed by atoms with Gasteiger partial charge in [-0.25, -0.2) is 5.26 Å². The molecule has 2 aromatic heterocycles. The van der Waals surface area contributed by atoms with E-state index in [1.165, 1.54) is 12.1 Å². The number of nitrogens with zero attached hydrogens (tertiary/aromatic N) is 8. The van der Waals surface area contributed by atoms with Gasteiger partial charge in [0.05, 0.1) is 0 Å². The van der Waals surface area contributed by atoms with E-state index in [0.717, 1.165) is 132 Å². The van der Waals surface area contributed by atoms with Crippen LogP contribution in [0.5, 0.6) is 0 Å². The van der Waals surface area contributed by atoms with Crippen molar-refractivity contribution < 1.29 is 27.6 Å². The minimum atomic E-state index is -4.48. The van der Waals surface area contributed by atoms with E-state index < -0.39 is 33.6 Å². The van der Waals surface area contributed by atoms with Crippen molar-refractivity contribution >= 4 is 145 Å². The van der Waals surface area contributed by atoms with Crippen LogP contribution in [-0.4, -0.2) is 70.2 Å². The summed E-state index contributed by atoms with van der Waals surface area (Å²) < 4.78 is 44.3. The second-order valence-electron chi connectivity index (χ2n) is 17.7. The number of aryl methyl sites for hydroxylation is 4. The molecule has 69 heavy (non-hydrogen) atoms. The molecular weight excluding hydrogens is 1010 g/mol. The van der Waals surface area contributed by atoms with E-state index in [-0.39, 0.29) is 4.90 Å². The zero-order chi connectivity index (χ0) is 46.8. The Morgan fingerprint density at radius 3 is 1.42 bits per heavy atom. The molecule has 14 nitrogen and oxygen atoms in total. The van der Waals surface area contributed by atoms with Crippen LogP contribution in [0.3, 0.4) is 0 Å². The molecule has 0 atom stereocenters. The Morgan fingerprint density at radius 1 is 0.507 bits per heavy atom.